The van der Waals surface area contributed by atoms with Crippen LogP contribution >= 0.6 is 23.2 Å². The Morgan fingerprint density at radius 3 is 2.57 bits per heavy atom. The summed E-state index contributed by atoms with van der Waals surface area (Å²) in [7, 11) is 3.71. The van der Waals surface area contributed by atoms with Crippen LogP contribution in [0.5, 0.6) is 0 Å². The molecule has 1 unspecified atom stereocenters. The van der Waals surface area contributed by atoms with Crippen molar-refractivity contribution in [2.75, 3.05) is 7.05 Å². The molecule has 0 radical (unpaired) electrons. The Hall–Kier alpha value is -1.10. The lowest BCUT2D eigenvalue weighted by molar-refractivity contribution is 0.554. The van der Waals surface area contributed by atoms with Gasteiger partial charge in [-0.25, -0.2) is 4.39 Å². The van der Waals surface area contributed by atoms with E-state index in [9.17, 15) is 4.39 Å². The standard InChI is InChI=1S/C15H18Cl2FN3/c1-9-13(15(17)21(3)20-9)8-12(19-2)6-10-4-5-11(18)7-14(10)16/h4-5,7,12,19H,6,8H2,1-3H3. The topological polar surface area (TPSA) is 29.9 Å². The minimum Gasteiger partial charge on any atom is -0.316 e. The third-order valence-electron chi connectivity index (χ3n) is 3.61. The number of nitrogens with one attached hydrogen (secondary N) is 1. The van der Waals surface area contributed by atoms with Crippen LogP contribution in [0.4, 0.5) is 4.39 Å². The monoisotopic (exact) mass is 329 g/mol. The zero-order valence-electron chi connectivity index (χ0n) is 12.3. The first-order chi connectivity index (χ1) is 9.92. The molecular weight excluding hydrogens is 312 g/mol. The third-order valence-corrected chi connectivity index (χ3v) is 4.43. The fraction of sp³-hybridized carbons (Fsp3) is 0.400. The second-order valence-electron chi connectivity index (χ2n) is 5.11. The number of aryl methyl sites for hydroxylation is 2. The number of halogens is 3. The lowest BCUT2D eigenvalue weighted by Gasteiger charge is -2.17. The summed E-state index contributed by atoms with van der Waals surface area (Å²) < 4.78 is 14.8. The maximum absolute atomic E-state index is 13.1. The quantitative estimate of drug-likeness (QED) is 0.909. The highest BCUT2D eigenvalue weighted by atomic mass is 35.5. The van der Waals surface area contributed by atoms with Crippen LogP contribution in [0, 0.1) is 12.7 Å². The summed E-state index contributed by atoms with van der Waals surface area (Å²) in [6.45, 7) is 1.94. The van der Waals surface area contributed by atoms with Gasteiger partial charge in [-0.1, -0.05) is 29.3 Å². The number of benzene rings is 1. The number of likely N-dealkylation sites (N-methyl/N-ethyl adjacent to an activating group) is 1. The lowest BCUT2D eigenvalue weighted by Crippen LogP contribution is -2.30. The molecule has 0 saturated carbocycles. The normalized spacial score (nSPS) is 12.7. The summed E-state index contributed by atoms with van der Waals surface area (Å²) in [5.41, 5.74) is 2.86. The maximum atomic E-state index is 13.1. The van der Waals surface area contributed by atoms with Crippen molar-refractivity contribution in [3.8, 4) is 0 Å². The van der Waals surface area contributed by atoms with E-state index in [0.717, 1.165) is 23.2 Å². The SMILES string of the molecule is CNC(Cc1ccc(F)cc1Cl)Cc1c(C)nn(C)c1Cl. The van der Waals surface area contributed by atoms with E-state index >= 15 is 0 Å². The van der Waals surface area contributed by atoms with Gasteiger partial charge in [-0.05, 0) is 44.5 Å². The molecule has 3 nitrogen and oxygen atoms in total. The van der Waals surface area contributed by atoms with Crippen molar-refractivity contribution in [1.82, 2.24) is 15.1 Å². The summed E-state index contributed by atoms with van der Waals surface area (Å²) in [4.78, 5) is 0. The average Bonchev–Trinajstić information content (AvgIpc) is 2.67. The summed E-state index contributed by atoms with van der Waals surface area (Å²) >= 11 is 12.4. The minimum absolute atomic E-state index is 0.147. The van der Waals surface area contributed by atoms with E-state index in [-0.39, 0.29) is 11.9 Å². The van der Waals surface area contributed by atoms with Gasteiger partial charge in [0.1, 0.15) is 11.0 Å². The van der Waals surface area contributed by atoms with Crippen LogP contribution in [0.3, 0.4) is 0 Å². The van der Waals surface area contributed by atoms with Crippen LogP contribution in [0.15, 0.2) is 18.2 Å². The first kappa shape index (κ1) is 16.3. The fourth-order valence-corrected chi connectivity index (χ4v) is 2.88. The molecule has 2 rings (SSSR count). The van der Waals surface area contributed by atoms with Crippen molar-refractivity contribution in [1.29, 1.82) is 0 Å². The molecule has 114 valence electrons. The second kappa shape index (κ2) is 6.77. The molecule has 1 aromatic carbocycles. The zero-order valence-corrected chi connectivity index (χ0v) is 13.8. The minimum atomic E-state index is -0.323. The van der Waals surface area contributed by atoms with Gasteiger partial charge in [-0.15, -0.1) is 0 Å². The zero-order chi connectivity index (χ0) is 15.6. The van der Waals surface area contributed by atoms with Crippen molar-refractivity contribution in [2.45, 2.75) is 25.8 Å². The van der Waals surface area contributed by atoms with Crippen molar-refractivity contribution >= 4 is 23.2 Å². The summed E-state index contributed by atoms with van der Waals surface area (Å²) in [6, 6.07) is 4.63. The lowest BCUT2D eigenvalue weighted by atomic mass is 9.99. The molecule has 21 heavy (non-hydrogen) atoms. The van der Waals surface area contributed by atoms with E-state index < -0.39 is 0 Å². The Morgan fingerprint density at radius 2 is 2.05 bits per heavy atom. The van der Waals surface area contributed by atoms with Gasteiger partial charge >= 0.3 is 0 Å². The molecule has 2 aromatic rings. The highest BCUT2D eigenvalue weighted by Crippen LogP contribution is 2.23. The van der Waals surface area contributed by atoms with Crippen LogP contribution in [0.2, 0.25) is 10.2 Å². The third kappa shape index (κ3) is 3.76. The van der Waals surface area contributed by atoms with Crippen molar-refractivity contribution in [3.05, 3.63) is 51.0 Å². The molecule has 0 aliphatic heterocycles. The van der Waals surface area contributed by atoms with Crippen LogP contribution in [-0.4, -0.2) is 22.9 Å². The van der Waals surface area contributed by atoms with Crippen molar-refractivity contribution in [2.24, 2.45) is 7.05 Å². The molecule has 1 heterocycles. The largest absolute Gasteiger partial charge is 0.316 e. The Labute approximate surface area is 134 Å². The molecule has 1 aromatic heterocycles. The molecule has 1 N–H and O–H groups in total. The molecule has 0 saturated heterocycles. The first-order valence-electron chi connectivity index (χ1n) is 6.71. The maximum Gasteiger partial charge on any atom is 0.130 e. The van der Waals surface area contributed by atoms with Gasteiger partial charge in [-0.3, -0.25) is 4.68 Å². The van der Waals surface area contributed by atoms with Crippen molar-refractivity contribution in [3.63, 3.8) is 0 Å². The molecule has 0 amide bonds. The first-order valence-corrected chi connectivity index (χ1v) is 7.47. The summed E-state index contributed by atoms with van der Waals surface area (Å²) in [5.74, 6) is -0.323. The number of nitrogens with zero attached hydrogens (tertiary/aromatic N) is 2. The van der Waals surface area contributed by atoms with E-state index in [1.807, 2.05) is 21.0 Å². The molecule has 6 heteroatoms. The predicted molar refractivity (Wildman–Crippen MR) is 84.6 cm³/mol. The number of hydrogen-bond acceptors (Lipinski definition) is 2. The van der Waals surface area contributed by atoms with Gasteiger partial charge < -0.3 is 5.32 Å². The summed E-state index contributed by atoms with van der Waals surface area (Å²) in [6.07, 6.45) is 1.43. The van der Waals surface area contributed by atoms with Gasteiger partial charge in [-0.2, -0.15) is 5.10 Å². The van der Waals surface area contributed by atoms with Crippen LogP contribution < -0.4 is 5.32 Å². The van der Waals surface area contributed by atoms with E-state index in [1.165, 1.54) is 12.1 Å². The Bertz CT molecular complexity index is 640. The highest BCUT2D eigenvalue weighted by molar-refractivity contribution is 6.31. The van der Waals surface area contributed by atoms with Crippen LogP contribution in [0.1, 0.15) is 16.8 Å². The second-order valence-corrected chi connectivity index (χ2v) is 5.87. The molecule has 0 fully saturated rings. The Balaban J connectivity index is 2.17. The molecule has 0 aliphatic carbocycles. The van der Waals surface area contributed by atoms with E-state index in [4.69, 9.17) is 23.2 Å². The van der Waals surface area contributed by atoms with Gasteiger partial charge in [0.15, 0.2) is 0 Å². The molecule has 1 atom stereocenters. The number of rotatable bonds is 5. The van der Waals surface area contributed by atoms with E-state index in [2.05, 4.69) is 10.4 Å². The predicted octanol–water partition coefficient (Wildman–Crippen LogP) is 3.55. The van der Waals surface area contributed by atoms with Crippen LogP contribution in [0.25, 0.3) is 0 Å². The van der Waals surface area contributed by atoms with Gasteiger partial charge in [0, 0.05) is 23.7 Å². The van der Waals surface area contributed by atoms with Gasteiger partial charge in [0.25, 0.3) is 0 Å². The summed E-state index contributed by atoms with van der Waals surface area (Å²) in [5, 5.41) is 8.67. The van der Waals surface area contributed by atoms with Gasteiger partial charge in [0.2, 0.25) is 0 Å². The molecule has 0 aliphatic rings. The van der Waals surface area contributed by atoms with E-state index in [1.54, 1.807) is 10.7 Å². The molecular formula is C15H18Cl2FN3. The highest BCUT2D eigenvalue weighted by Gasteiger charge is 2.17. The molecule has 0 spiro atoms. The average molecular weight is 330 g/mol. The Morgan fingerprint density at radius 1 is 1.33 bits per heavy atom. The van der Waals surface area contributed by atoms with Crippen molar-refractivity contribution < 1.29 is 4.39 Å². The van der Waals surface area contributed by atoms with Crippen LogP contribution in [-0.2, 0) is 19.9 Å². The Kier molecular flexibility index (Phi) is 5.25. The van der Waals surface area contributed by atoms with E-state index in [0.29, 0.717) is 16.6 Å². The number of aromatic nitrogens is 2. The van der Waals surface area contributed by atoms with Gasteiger partial charge in [0.05, 0.1) is 5.69 Å². The molecule has 0 bridgehead atoms. The number of hydrogen-bond donors (Lipinski definition) is 1. The smallest absolute Gasteiger partial charge is 0.130 e. The fourth-order valence-electron chi connectivity index (χ4n) is 2.38.